The molecule has 3 heteroatoms. The zero-order chi connectivity index (χ0) is 11.1. The van der Waals surface area contributed by atoms with Gasteiger partial charge in [0.2, 0.25) is 0 Å². The SMILES string of the molecule is Cc1ccccc1C(C)C.O=C(O)Cl. The summed E-state index contributed by atoms with van der Waals surface area (Å²) in [6, 6.07) is 8.54. The molecule has 1 N–H and O–H groups in total. The number of hydrogen-bond donors (Lipinski definition) is 1. The zero-order valence-electron chi connectivity index (χ0n) is 8.62. The Morgan fingerprint density at radius 1 is 1.36 bits per heavy atom. The van der Waals surface area contributed by atoms with Crippen LogP contribution in [0.3, 0.4) is 0 Å². The number of hydrogen-bond acceptors (Lipinski definition) is 1. The second-order valence-electron chi connectivity index (χ2n) is 3.26. The van der Waals surface area contributed by atoms with Crippen LogP contribution >= 0.6 is 11.6 Å². The normalized spacial score (nSPS) is 9.21. The van der Waals surface area contributed by atoms with Crippen molar-refractivity contribution in [3.05, 3.63) is 35.4 Å². The van der Waals surface area contributed by atoms with Crippen molar-refractivity contribution < 1.29 is 9.90 Å². The van der Waals surface area contributed by atoms with Crippen LogP contribution in [0.1, 0.15) is 30.9 Å². The summed E-state index contributed by atoms with van der Waals surface area (Å²) in [6.07, 6.45) is 0. The molecule has 78 valence electrons. The molecule has 0 fully saturated rings. The van der Waals surface area contributed by atoms with Crippen molar-refractivity contribution in [2.24, 2.45) is 0 Å². The molecule has 0 aliphatic carbocycles. The lowest BCUT2D eigenvalue weighted by Crippen LogP contribution is -1.89. The molecule has 0 aromatic heterocycles. The van der Waals surface area contributed by atoms with Gasteiger partial charge in [-0.05, 0) is 24.0 Å². The second kappa shape index (κ2) is 6.44. The van der Waals surface area contributed by atoms with Gasteiger partial charge in [0.15, 0.2) is 0 Å². The number of rotatable bonds is 1. The van der Waals surface area contributed by atoms with Crippen molar-refractivity contribution in [3.8, 4) is 0 Å². The second-order valence-corrected chi connectivity index (χ2v) is 3.59. The van der Waals surface area contributed by atoms with Gasteiger partial charge in [0, 0.05) is 11.6 Å². The van der Waals surface area contributed by atoms with Gasteiger partial charge in [-0.15, -0.1) is 0 Å². The number of aryl methyl sites for hydroxylation is 1. The lowest BCUT2D eigenvalue weighted by molar-refractivity contribution is 0.220. The molecular formula is C11H15ClO2. The molecule has 0 atom stereocenters. The van der Waals surface area contributed by atoms with Crippen LogP contribution in [0.25, 0.3) is 0 Å². The molecule has 0 radical (unpaired) electrons. The van der Waals surface area contributed by atoms with Crippen molar-refractivity contribution >= 4 is 17.0 Å². The molecule has 14 heavy (non-hydrogen) atoms. The summed E-state index contributed by atoms with van der Waals surface area (Å²) in [4.78, 5) is 8.77. The summed E-state index contributed by atoms with van der Waals surface area (Å²) >= 11 is 4.19. The third kappa shape index (κ3) is 5.60. The van der Waals surface area contributed by atoms with Crippen molar-refractivity contribution in [1.82, 2.24) is 0 Å². The van der Waals surface area contributed by atoms with E-state index in [1.807, 2.05) is 0 Å². The highest BCUT2D eigenvalue weighted by molar-refractivity contribution is 6.60. The van der Waals surface area contributed by atoms with Crippen molar-refractivity contribution in [2.75, 3.05) is 0 Å². The number of halogens is 1. The Hall–Kier alpha value is -1.02. The van der Waals surface area contributed by atoms with Crippen LogP contribution < -0.4 is 0 Å². The molecule has 0 heterocycles. The summed E-state index contributed by atoms with van der Waals surface area (Å²) in [5.41, 5.74) is 1.50. The number of carbonyl (C=O) groups is 1. The van der Waals surface area contributed by atoms with Gasteiger partial charge in [-0.1, -0.05) is 38.1 Å². The first-order valence-corrected chi connectivity index (χ1v) is 4.77. The molecule has 1 rings (SSSR count). The minimum atomic E-state index is -1.36. The van der Waals surface area contributed by atoms with Crippen molar-refractivity contribution in [3.63, 3.8) is 0 Å². The molecule has 0 saturated carbocycles. The Morgan fingerprint density at radius 2 is 1.79 bits per heavy atom. The Labute approximate surface area is 89.5 Å². The topological polar surface area (TPSA) is 37.3 Å². The minimum absolute atomic E-state index is 0.654. The van der Waals surface area contributed by atoms with E-state index in [9.17, 15) is 0 Å². The van der Waals surface area contributed by atoms with Crippen LogP contribution in [0.2, 0.25) is 0 Å². The highest BCUT2D eigenvalue weighted by Crippen LogP contribution is 2.17. The summed E-state index contributed by atoms with van der Waals surface area (Å²) in [5.74, 6) is 0.654. The summed E-state index contributed by atoms with van der Waals surface area (Å²) < 4.78 is 0. The van der Waals surface area contributed by atoms with Crippen molar-refractivity contribution in [1.29, 1.82) is 0 Å². The molecule has 0 aliphatic rings. The maximum atomic E-state index is 8.77. The molecular weight excluding hydrogens is 200 g/mol. The van der Waals surface area contributed by atoms with Crippen LogP contribution in [0, 0.1) is 6.92 Å². The zero-order valence-corrected chi connectivity index (χ0v) is 9.38. The number of benzene rings is 1. The van der Waals surface area contributed by atoms with E-state index in [1.54, 1.807) is 0 Å². The molecule has 0 amide bonds. The molecule has 0 unspecified atom stereocenters. The summed E-state index contributed by atoms with van der Waals surface area (Å²) in [6.45, 7) is 6.61. The van der Waals surface area contributed by atoms with E-state index in [1.165, 1.54) is 11.1 Å². The molecule has 0 bridgehead atoms. The lowest BCUT2D eigenvalue weighted by Gasteiger charge is -2.07. The van der Waals surface area contributed by atoms with Gasteiger partial charge in [-0.2, -0.15) is 0 Å². The average molecular weight is 215 g/mol. The fourth-order valence-corrected chi connectivity index (χ4v) is 1.23. The third-order valence-corrected chi connectivity index (χ3v) is 1.81. The van der Waals surface area contributed by atoms with E-state index in [0.717, 1.165) is 0 Å². The van der Waals surface area contributed by atoms with Gasteiger partial charge in [-0.3, -0.25) is 0 Å². The van der Waals surface area contributed by atoms with Gasteiger partial charge < -0.3 is 5.11 Å². The average Bonchev–Trinajstić information content (AvgIpc) is 2.03. The Bertz CT molecular complexity index is 291. The van der Waals surface area contributed by atoms with Crippen LogP contribution in [0.4, 0.5) is 4.79 Å². The van der Waals surface area contributed by atoms with E-state index >= 15 is 0 Å². The fourth-order valence-electron chi connectivity index (χ4n) is 1.23. The van der Waals surface area contributed by atoms with Gasteiger partial charge >= 0.3 is 5.43 Å². The van der Waals surface area contributed by atoms with Crippen molar-refractivity contribution in [2.45, 2.75) is 26.7 Å². The summed E-state index contributed by atoms with van der Waals surface area (Å²) in [7, 11) is 0. The van der Waals surface area contributed by atoms with Crippen LogP contribution in [0.5, 0.6) is 0 Å². The van der Waals surface area contributed by atoms with Gasteiger partial charge in [0.1, 0.15) is 0 Å². The maximum absolute atomic E-state index is 8.77. The van der Waals surface area contributed by atoms with E-state index < -0.39 is 5.43 Å². The Morgan fingerprint density at radius 3 is 2.07 bits per heavy atom. The highest BCUT2D eigenvalue weighted by atomic mass is 35.5. The van der Waals surface area contributed by atoms with Crippen LogP contribution in [-0.2, 0) is 0 Å². The van der Waals surface area contributed by atoms with Crippen LogP contribution in [-0.4, -0.2) is 10.5 Å². The molecule has 0 spiro atoms. The smallest absolute Gasteiger partial charge is 0.401 e. The Kier molecular flexibility index (Phi) is 5.97. The van der Waals surface area contributed by atoms with E-state index in [4.69, 9.17) is 9.90 Å². The summed E-state index contributed by atoms with van der Waals surface area (Å²) in [5, 5.41) is 7.18. The largest absolute Gasteiger partial charge is 0.469 e. The lowest BCUT2D eigenvalue weighted by atomic mass is 9.99. The fraction of sp³-hybridized carbons (Fsp3) is 0.364. The highest BCUT2D eigenvalue weighted by Gasteiger charge is 1.99. The Balaban J connectivity index is 0.000000364. The molecule has 0 aliphatic heterocycles. The molecule has 1 aromatic rings. The first kappa shape index (κ1) is 13.0. The van der Waals surface area contributed by atoms with Gasteiger partial charge in [0.25, 0.3) is 0 Å². The van der Waals surface area contributed by atoms with E-state index in [2.05, 4.69) is 56.6 Å². The number of carboxylic acid groups (broad SMARTS) is 1. The molecule has 1 aromatic carbocycles. The quantitative estimate of drug-likeness (QED) is 0.717. The predicted molar refractivity (Wildman–Crippen MR) is 59.1 cm³/mol. The molecule has 2 nitrogen and oxygen atoms in total. The van der Waals surface area contributed by atoms with E-state index in [0.29, 0.717) is 5.92 Å². The van der Waals surface area contributed by atoms with Gasteiger partial charge in [-0.25, -0.2) is 4.79 Å². The maximum Gasteiger partial charge on any atom is 0.401 e. The van der Waals surface area contributed by atoms with Crippen LogP contribution in [0.15, 0.2) is 24.3 Å². The monoisotopic (exact) mass is 214 g/mol. The van der Waals surface area contributed by atoms with Gasteiger partial charge in [0.05, 0.1) is 0 Å². The first-order chi connectivity index (χ1) is 6.45. The third-order valence-electron chi connectivity index (χ3n) is 1.81. The predicted octanol–water partition coefficient (Wildman–Crippen LogP) is 4.02. The minimum Gasteiger partial charge on any atom is -0.469 e. The molecule has 0 saturated heterocycles. The standard InChI is InChI=1S/C10H14.CHClO2/c1-8(2)10-7-5-4-6-9(10)3;2-1(3)4/h4-8H,1-3H3;(H,3,4). The first-order valence-electron chi connectivity index (χ1n) is 4.39. The van der Waals surface area contributed by atoms with E-state index in [-0.39, 0.29) is 0 Å².